The summed E-state index contributed by atoms with van der Waals surface area (Å²) in [7, 11) is 2.11. The Morgan fingerprint density at radius 1 is 1.56 bits per heavy atom. The van der Waals surface area contributed by atoms with Crippen molar-refractivity contribution in [3.8, 4) is 0 Å². The molecule has 0 aromatic carbocycles. The van der Waals surface area contributed by atoms with Crippen LogP contribution in [0.2, 0.25) is 0 Å². The van der Waals surface area contributed by atoms with E-state index in [-0.39, 0.29) is 12.1 Å². The highest BCUT2D eigenvalue weighted by atomic mass is 16.5. The lowest BCUT2D eigenvalue weighted by Crippen LogP contribution is -2.50. The van der Waals surface area contributed by atoms with Gasteiger partial charge in [0, 0.05) is 37.8 Å². The van der Waals surface area contributed by atoms with Crippen molar-refractivity contribution in [2.75, 3.05) is 26.7 Å². The zero-order valence-corrected chi connectivity index (χ0v) is 11.5. The highest BCUT2D eigenvalue weighted by Gasteiger charge is 2.24. The molecule has 2 unspecified atom stereocenters. The van der Waals surface area contributed by atoms with Crippen molar-refractivity contribution in [3.05, 3.63) is 18.0 Å². The van der Waals surface area contributed by atoms with E-state index in [1.54, 1.807) is 0 Å². The average molecular weight is 252 g/mol. The summed E-state index contributed by atoms with van der Waals surface area (Å²) < 4.78 is 7.70. The van der Waals surface area contributed by atoms with Gasteiger partial charge in [-0.3, -0.25) is 4.68 Å². The van der Waals surface area contributed by atoms with Crippen LogP contribution in [0.4, 0.5) is 0 Å². The lowest BCUT2D eigenvalue weighted by Gasteiger charge is -2.33. The van der Waals surface area contributed by atoms with Crippen LogP contribution in [0.1, 0.15) is 25.6 Å². The quantitative estimate of drug-likeness (QED) is 0.855. The molecule has 0 amide bonds. The molecule has 2 N–H and O–H groups in total. The SMILES string of the molecule is CC(C)n1ccc(CC(N)C2CN(C)CCO2)n1. The molecule has 0 saturated carbocycles. The highest BCUT2D eigenvalue weighted by Crippen LogP contribution is 2.11. The molecule has 1 saturated heterocycles. The smallest absolute Gasteiger partial charge is 0.0856 e. The third-order valence-electron chi connectivity index (χ3n) is 3.41. The predicted molar refractivity (Wildman–Crippen MR) is 71.5 cm³/mol. The van der Waals surface area contributed by atoms with E-state index >= 15 is 0 Å². The molecule has 0 aliphatic carbocycles. The lowest BCUT2D eigenvalue weighted by atomic mass is 10.1. The second kappa shape index (κ2) is 5.82. The number of nitrogens with zero attached hydrogens (tertiary/aromatic N) is 3. The molecular formula is C13H24N4O. The fourth-order valence-electron chi connectivity index (χ4n) is 2.22. The fourth-order valence-corrected chi connectivity index (χ4v) is 2.22. The Morgan fingerprint density at radius 3 is 2.94 bits per heavy atom. The summed E-state index contributed by atoms with van der Waals surface area (Å²) in [5, 5.41) is 4.53. The molecule has 1 aromatic rings. The number of rotatable bonds is 4. The van der Waals surface area contributed by atoms with Gasteiger partial charge in [-0.15, -0.1) is 0 Å². The summed E-state index contributed by atoms with van der Waals surface area (Å²) in [6.45, 7) is 6.92. The van der Waals surface area contributed by atoms with E-state index in [1.807, 2.05) is 16.9 Å². The second-order valence-corrected chi connectivity index (χ2v) is 5.42. The van der Waals surface area contributed by atoms with Crippen LogP contribution in [-0.2, 0) is 11.2 Å². The van der Waals surface area contributed by atoms with Gasteiger partial charge in [0.1, 0.15) is 0 Å². The van der Waals surface area contributed by atoms with E-state index in [0.29, 0.717) is 6.04 Å². The zero-order valence-electron chi connectivity index (χ0n) is 11.5. The van der Waals surface area contributed by atoms with E-state index in [0.717, 1.165) is 31.8 Å². The Hall–Kier alpha value is -0.910. The Balaban J connectivity index is 1.91. The van der Waals surface area contributed by atoms with Gasteiger partial charge in [-0.1, -0.05) is 0 Å². The van der Waals surface area contributed by atoms with Crippen LogP contribution in [0.3, 0.4) is 0 Å². The molecule has 18 heavy (non-hydrogen) atoms. The minimum atomic E-state index is 0.0169. The maximum absolute atomic E-state index is 6.23. The Kier molecular flexibility index (Phi) is 4.37. The summed E-state index contributed by atoms with van der Waals surface area (Å²) in [5.41, 5.74) is 7.28. The molecule has 0 spiro atoms. The number of aromatic nitrogens is 2. The van der Waals surface area contributed by atoms with E-state index in [4.69, 9.17) is 10.5 Å². The molecule has 2 heterocycles. The summed E-state index contributed by atoms with van der Waals surface area (Å²) in [6.07, 6.45) is 2.91. The van der Waals surface area contributed by atoms with Crippen molar-refractivity contribution in [2.45, 2.75) is 38.5 Å². The van der Waals surface area contributed by atoms with Gasteiger partial charge in [0.15, 0.2) is 0 Å². The van der Waals surface area contributed by atoms with Crippen molar-refractivity contribution >= 4 is 0 Å². The molecule has 0 radical (unpaired) electrons. The predicted octanol–water partition coefficient (Wildman–Crippen LogP) is 0.664. The first-order chi connectivity index (χ1) is 8.56. The highest BCUT2D eigenvalue weighted by molar-refractivity contribution is 5.03. The van der Waals surface area contributed by atoms with E-state index < -0.39 is 0 Å². The van der Waals surface area contributed by atoms with Crippen LogP contribution < -0.4 is 5.73 Å². The van der Waals surface area contributed by atoms with E-state index in [2.05, 4.69) is 30.9 Å². The molecular weight excluding hydrogens is 228 g/mol. The molecule has 5 heteroatoms. The summed E-state index contributed by atoms with van der Waals surface area (Å²) in [6, 6.07) is 2.46. The minimum Gasteiger partial charge on any atom is -0.374 e. The van der Waals surface area contributed by atoms with Gasteiger partial charge in [0.25, 0.3) is 0 Å². The molecule has 2 rings (SSSR count). The fraction of sp³-hybridized carbons (Fsp3) is 0.769. The van der Waals surface area contributed by atoms with Crippen LogP contribution in [0.15, 0.2) is 12.3 Å². The van der Waals surface area contributed by atoms with Crippen LogP contribution in [0.5, 0.6) is 0 Å². The average Bonchev–Trinajstić information content (AvgIpc) is 2.77. The third kappa shape index (κ3) is 3.31. The first-order valence-corrected chi connectivity index (χ1v) is 6.66. The first kappa shape index (κ1) is 13.5. The lowest BCUT2D eigenvalue weighted by molar-refractivity contribution is -0.0320. The number of hydrogen-bond donors (Lipinski definition) is 1. The summed E-state index contributed by atoms with van der Waals surface area (Å²) in [5.74, 6) is 0. The molecule has 5 nitrogen and oxygen atoms in total. The van der Waals surface area contributed by atoms with Crippen molar-refractivity contribution in [1.82, 2.24) is 14.7 Å². The van der Waals surface area contributed by atoms with Gasteiger partial charge in [0.05, 0.1) is 18.4 Å². The number of morpholine rings is 1. The molecule has 2 atom stereocenters. The van der Waals surface area contributed by atoms with Crippen LogP contribution in [-0.4, -0.2) is 53.6 Å². The topological polar surface area (TPSA) is 56.3 Å². The molecule has 102 valence electrons. The minimum absolute atomic E-state index is 0.0169. The number of likely N-dealkylation sites (N-methyl/N-ethyl adjacent to an activating group) is 1. The standard InChI is InChI=1S/C13H24N4O/c1-10(2)17-5-4-11(15-17)8-12(14)13-9-16(3)6-7-18-13/h4-5,10,12-13H,6-9,14H2,1-3H3. The van der Waals surface area contributed by atoms with E-state index in [1.165, 1.54) is 0 Å². The van der Waals surface area contributed by atoms with Crippen LogP contribution in [0, 0.1) is 0 Å². The van der Waals surface area contributed by atoms with Gasteiger partial charge in [-0.2, -0.15) is 5.10 Å². The molecule has 1 aromatic heterocycles. The molecule has 1 aliphatic heterocycles. The van der Waals surface area contributed by atoms with Crippen molar-refractivity contribution in [3.63, 3.8) is 0 Å². The molecule has 1 aliphatic rings. The first-order valence-electron chi connectivity index (χ1n) is 6.66. The maximum Gasteiger partial charge on any atom is 0.0856 e. The maximum atomic E-state index is 6.23. The van der Waals surface area contributed by atoms with Gasteiger partial charge in [-0.25, -0.2) is 0 Å². The van der Waals surface area contributed by atoms with Gasteiger partial charge >= 0.3 is 0 Å². The largest absolute Gasteiger partial charge is 0.374 e. The summed E-state index contributed by atoms with van der Waals surface area (Å²) in [4.78, 5) is 2.26. The Morgan fingerprint density at radius 2 is 2.33 bits per heavy atom. The Labute approximate surface area is 109 Å². The monoisotopic (exact) mass is 252 g/mol. The Bertz CT molecular complexity index is 377. The van der Waals surface area contributed by atoms with Crippen LogP contribution >= 0.6 is 0 Å². The molecule has 1 fully saturated rings. The second-order valence-electron chi connectivity index (χ2n) is 5.42. The van der Waals surface area contributed by atoms with Crippen molar-refractivity contribution in [1.29, 1.82) is 0 Å². The van der Waals surface area contributed by atoms with Crippen molar-refractivity contribution in [2.24, 2.45) is 5.73 Å². The molecule has 0 bridgehead atoms. The number of ether oxygens (including phenoxy) is 1. The van der Waals surface area contributed by atoms with Gasteiger partial charge in [0.2, 0.25) is 0 Å². The third-order valence-corrected chi connectivity index (χ3v) is 3.41. The number of nitrogens with two attached hydrogens (primary N) is 1. The van der Waals surface area contributed by atoms with Crippen LogP contribution in [0.25, 0.3) is 0 Å². The number of hydrogen-bond acceptors (Lipinski definition) is 4. The van der Waals surface area contributed by atoms with Gasteiger partial charge < -0.3 is 15.4 Å². The van der Waals surface area contributed by atoms with E-state index in [9.17, 15) is 0 Å². The zero-order chi connectivity index (χ0) is 13.1. The van der Waals surface area contributed by atoms with Crippen molar-refractivity contribution < 1.29 is 4.74 Å². The van der Waals surface area contributed by atoms with Gasteiger partial charge in [-0.05, 0) is 27.0 Å². The summed E-state index contributed by atoms with van der Waals surface area (Å²) >= 11 is 0. The normalized spacial score (nSPS) is 23.5.